The highest BCUT2D eigenvalue weighted by Crippen LogP contribution is 2.33. The normalized spacial score (nSPS) is 12.7. The van der Waals surface area contributed by atoms with Crippen molar-refractivity contribution in [2.75, 3.05) is 0 Å². The number of thiophene rings is 1. The highest BCUT2D eigenvalue weighted by molar-refractivity contribution is 7.10. The average molecular weight is 281 g/mol. The zero-order chi connectivity index (χ0) is 13.1. The van der Waals surface area contributed by atoms with Crippen LogP contribution < -0.4 is 11.3 Å². The van der Waals surface area contributed by atoms with E-state index < -0.39 is 0 Å². The summed E-state index contributed by atoms with van der Waals surface area (Å²) in [6.45, 7) is 4.10. The van der Waals surface area contributed by atoms with Crippen molar-refractivity contribution < 1.29 is 0 Å². The molecule has 0 fully saturated rings. The second-order valence-electron chi connectivity index (χ2n) is 4.51. The minimum Gasteiger partial charge on any atom is -0.271 e. The van der Waals surface area contributed by atoms with Gasteiger partial charge in [-0.3, -0.25) is 11.3 Å². The van der Waals surface area contributed by atoms with E-state index in [1.807, 2.05) is 6.92 Å². The molecule has 1 aromatic heterocycles. The number of rotatable bonds is 4. The van der Waals surface area contributed by atoms with Gasteiger partial charge in [0, 0.05) is 4.88 Å². The van der Waals surface area contributed by atoms with Gasteiger partial charge in [0.25, 0.3) is 0 Å². The van der Waals surface area contributed by atoms with Crippen LogP contribution in [-0.4, -0.2) is 0 Å². The summed E-state index contributed by atoms with van der Waals surface area (Å²) in [5.41, 5.74) is 6.49. The quantitative estimate of drug-likeness (QED) is 0.661. The first kappa shape index (κ1) is 13.6. The van der Waals surface area contributed by atoms with Gasteiger partial charge in [-0.25, -0.2) is 0 Å². The molecule has 18 heavy (non-hydrogen) atoms. The van der Waals surface area contributed by atoms with Crippen LogP contribution in [0, 0.1) is 13.8 Å². The summed E-state index contributed by atoms with van der Waals surface area (Å²) in [5, 5.41) is 2.90. The summed E-state index contributed by atoms with van der Waals surface area (Å²) in [5.74, 6) is 5.66. The number of hydrogen-bond acceptors (Lipinski definition) is 3. The molecule has 0 bridgehead atoms. The largest absolute Gasteiger partial charge is 0.271 e. The number of hydrazine groups is 1. The van der Waals surface area contributed by atoms with Gasteiger partial charge in [0.05, 0.1) is 11.1 Å². The van der Waals surface area contributed by atoms with Crippen molar-refractivity contribution in [2.45, 2.75) is 26.3 Å². The molecular weight excluding hydrogens is 264 g/mol. The van der Waals surface area contributed by atoms with E-state index in [1.165, 1.54) is 11.1 Å². The highest BCUT2D eigenvalue weighted by Gasteiger charge is 2.17. The lowest BCUT2D eigenvalue weighted by Crippen LogP contribution is -2.29. The number of nitrogens with one attached hydrogen (secondary N) is 1. The van der Waals surface area contributed by atoms with Crippen molar-refractivity contribution in [2.24, 2.45) is 5.84 Å². The fraction of sp³-hybridized carbons (Fsp3) is 0.286. The van der Waals surface area contributed by atoms with Crippen LogP contribution in [0.15, 0.2) is 29.6 Å². The number of nitrogens with two attached hydrogens (primary N) is 1. The van der Waals surface area contributed by atoms with Crippen LogP contribution in [0.1, 0.15) is 27.6 Å². The molecule has 0 radical (unpaired) electrons. The van der Waals surface area contributed by atoms with Gasteiger partial charge in [0.2, 0.25) is 0 Å². The lowest BCUT2D eigenvalue weighted by atomic mass is 10.0. The smallest absolute Gasteiger partial charge is 0.0608 e. The molecule has 0 saturated carbocycles. The summed E-state index contributed by atoms with van der Waals surface area (Å²) in [6, 6.07) is 8.56. The second kappa shape index (κ2) is 5.85. The first-order valence-electron chi connectivity index (χ1n) is 5.87. The standard InChI is InChI=1S/C14H17ClN2S/c1-9-3-5-11(6-4-9)7-12(17-16)14-13(15)10(2)8-18-14/h3-6,8,12,17H,7,16H2,1-2H3. The molecule has 1 atom stereocenters. The molecule has 0 aliphatic rings. The number of aryl methyl sites for hydroxylation is 2. The van der Waals surface area contributed by atoms with Crippen molar-refractivity contribution in [3.63, 3.8) is 0 Å². The van der Waals surface area contributed by atoms with E-state index in [2.05, 4.69) is 42.0 Å². The number of halogens is 1. The maximum Gasteiger partial charge on any atom is 0.0608 e. The van der Waals surface area contributed by atoms with Crippen molar-refractivity contribution in [1.29, 1.82) is 0 Å². The van der Waals surface area contributed by atoms with E-state index in [0.29, 0.717) is 0 Å². The monoisotopic (exact) mass is 280 g/mol. The van der Waals surface area contributed by atoms with E-state index >= 15 is 0 Å². The van der Waals surface area contributed by atoms with Crippen LogP contribution in [0.4, 0.5) is 0 Å². The van der Waals surface area contributed by atoms with E-state index in [0.717, 1.165) is 21.9 Å². The average Bonchev–Trinajstić information content (AvgIpc) is 2.70. The minimum atomic E-state index is 0.0684. The van der Waals surface area contributed by atoms with E-state index in [9.17, 15) is 0 Å². The van der Waals surface area contributed by atoms with Crippen LogP contribution in [0.25, 0.3) is 0 Å². The predicted molar refractivity (Wildman–Crippen MR) is 79.0 cm³/mol. The molecule has 96 valence electrons. The van der Waals surface area contributed by atoms with Crippen molar-refractivity contribution in [3.05, 3.63) is 56.2 Å². The number of benzene rings is 1. The summed E-state index contributed by atoms with van der Waals surface area (Å²) < 4.78 is 0. The molecule has 0 spiro atoms. The van der Waals surface area contributed by atoms with Crippen LogP contribution >= 0.6 is 22.9 Å². The van der Waals surface area contributed by atoms with Gasteiger partial charge in [-0.15, -0.1) is 11.3 Å². The Balaban J connectivity index is 2.19. The Labute approximate surface area is 117 Å². The van der Waals surface area contributed by atoms with Gasteiger partial charge >= 0.3 is 0 Å². The van der Waals surface area contributed by atoms with Gasteiger partial charge < -0.3 is 0 Å². The van der Waals surface area contributed by atoms with E-state index in [-0.39, 0.29) is 6.04 Å². The predicted octanol–water partition coefficient (Wildman–Crippen LogP) is 3.77. The third-order valence-corrected chi connectivity index (χ3v) is 4.83. The molecule has 2 nitrogen and oxygen atoms in total. The summed E-state index contributed by atoms with van der Waals surface area (Å²) >= 11 is 7.95. The fourth-order valence-electron chi connectivity index (χ4n) is 1.87. The molecule has 1 unspecified atom stereocenters. The van der Waals surface area contributed by atoms with Gasteiger partial charge in [-0.05, 0) is 36.8 Å². The molecule has 4 heteroatoms. The molecule has 2 rings (SSSR count). The SMILES string of the molecule is Cc1ccc(CC(NN)c2scc(C)c2Cl)cc1. The molecule has 0 amide bonds. The van der Waals surface area contributed by atoms with Crippen molar-refractivity contribution >= 4 is 22.9 Å². The Morgan fingerprint density at radius 3 is 2.44 bits per heavy atom. The molecule has 0 aliphatic heterocycles. The molecule has 1 aromatic carbocycles. The maximum absolute atomic E-state index is 6.29. The number of hydrogen-bond donors (Lipinski definition) is 2. The molecular formula is C14H17ClN2S. The third kappa shape index (κ3) is 2.93. The summed E-state index contributed by atoms with van der Waals surface area (Å²) in [6.07, 6.45) is 0.844. The second-order valence-corrected chi connectivity index (χ2v) is 5.80. The lowest BCUT2D eigenvalue weighted by molar-refractivity contribution is 0.560. The zero-order valence-corrected chi connectivity index (χ0v) is 12.1. The van der Waals surface area contributed by atoms with Crippen LogP contribution in [0.5, 0.6) is 0 Å². The molecule has 3 N–H and O–H groups in total. The minimum absolute atomic E-state index is 0.0684. The van der Waals surface area contributed by atoms with Crippen LogP contribution in [-0.2, 0) is 6.42 Å². The van der Waals surface area contributed by atoms with Gasteiger partial charge in [0.1, 0.15) is 0 Å². The Morgan fingerprint density at radius 1 is 1.28 bits per heavy atom. The first-order chi connectivity index (χ1) is 8.61. The zero-order valence-electron chi connectivity index (χ0n) is 10.5. The Morgan fingerprint density at radius 2 is 1.94 bits per heavy atom. The molecule has 2 aromatic rings. The van der Waals surface area contributed by atoms with E-state index in [4.69, 9.17) is 17.4 Å². The third-order valence-electron chi connectivity index (χ3n) is 3.00. The van der Waals surface area contributed by atoms with Crippen LogP contribution in [0.3, 0.4) is 0 Å². The Kier molecular flexibility index (Phi) is 4.40. The van der Waals surface area contributed by atoms with Gasteiger partial charge in [-0.1, -0.05) is 41.4 Å². The first-order valence-corrected chi connectivity index (χ1v) is 7.12. The topological polar surface area (TPSA) is 38.0 Å². The van der Waals surface area contributed by atoms with Crippen molar-refractivity contribution in [1.82, 2.24) is 5.43 Å². The molecule has 0 aliphatic carbocycles. The highest BCUT2D eigenvalue weighted by atomic mass is 35.5. The molecule has 0 saturated heterocycles. The van der Waals surface area contributed by atoms with Gasteiger partial charge in [-0.2, -0.15) is 0 Å². The maximum atomic E-state index is 6.29. The summed E-state index contributed by atoms with van der Waals surface area (Å²) in [7, 11) is 0. The lowest BCUT2D eigenvalue weighted by Gasteiger charge is -2.15. The van der Waals surface area contributed by atoms with Crippen molar-refractivity contribution in [3.8, 4) is 0 Å². The Bertz CT molecular complexity index is 519. The summed E-state index contributed by atoms with van der Waals surface area (Å²) in [4.78, 5) is 1.11. The van der Waals surface area contributed by atoms with E-state index in [1.54, 1.807) is 11.3 Å². The van der Waals surface area contributed by atoms with Crippen LogP contribution in [0.2, 0.25) is 5.02 Å². The van der Waals surface area contributed by atoms with Gasteiger partial charge in [0.15, 0.2) is 0 Å². The fourth-order valence-corrected chi connectivity index (χ4v) is 3.26. The Hall–Kier alpha value is -0.870. The molecule has 1 heterocycles.